The lowest BCUT2D eigenvalue weighted by molar-refractivity contribution is -0.0925. The number of hydrogen-bond donors (Lipinski definition) is 1. The Bertz CT molecular complexity index is 176. The molecule has 1 N–H and O–H groups in total. The highest BCUT2D eigenvalue weighted by atomic mass is 16.5. The fourth-order valence-corrected chi connectivity index (χ4v) is 2.97. The van der Waals surface area contributed by atoms with Crippen molar-refractivity contribution in [2.45, 2.75) is 130 Å². The first-order chi connectivity index (χ1) is 11.8. The Morgan fingerprint density at radius 3 is 1.00 bits per heavy atom. The van der Waals surface area contributed by atoms with Gasteiger partial charge in [0.2, 0.25) is 0 Å². The van der Waals surface area contributed by atoms with E-state index in [2.05, 4.69) is 13.8 Å². The summed E-state index contributed by atoms with van der Waals surface area (Å²) in [6.07, 6.45) is 21.4. The summed E-state index contributed by atoms with van der Waals surface area (Å²) in [5, 5.41) is 11.4. The molecule has 0 aromatic rings. The summed E-state index contributed by atoms with van der Waals surface area (Å²) in [6, 6.07) is 0. The Kier molecular flexibility index (Phi) is 27.4. The Balaban J connectivity index is 0. The monoisotopic (exact) mass is 343 g/mol. The first-order valence-corrected chi connectivity index (χ1v) is 11.2. The van der Waals surface area contributed by atoms with Crippen LogP contribution in [-0.2, 0) is 0 Å². The van der Waals surface area contributed by atoms with Crippen LogP contribution in [0.15, 0.2) is 0 Å². The molecule has 0 aromatic carbocycles. The molecule has 0 spiro atoms. The summed E-state index contributed by atoms with van der Waals surface area (Å²) in [7, 11) is 0. The third kappa shape index (κ3) is 24.2. The van der Waals surface area contributed by atoms with Gasteiger partial charge in [0.25, 0.3) is 0 Å². The smallest absolute Gasteiger partial charge is 0.0238 e. The number of nitrogens with zero attached hydrogens (tertiary/aromatic N) is 1. The van der Waals surface area contributed by atoms with Gasteiger partial charge in [-0.15, -0.1) is 0 Å². The van der Waals surface area contributed by atoms with Crippen molar-refractivity contribution in [3.63, 3.8) is 0 Å². The Labute approximate surface area is 154 Å². The van der Waals surface area contributed by atoms with E-state index in [1.165, 1.54) is 89.9 Å². The molecule has 2 nitrogen and oxygen atoms in total. The molecule has 0 aliphatic heterocycles. The molecule has 0 unspecified atom stereocenters. The van der Waals surface area contributed by atoms with Crippen molar-refractivity contribution in [2.75, 3.05) is 13.1 Å². The summed E-state index contributed by atoms with van der Waals surface area (Å²) < 4.78 is 0. The van der Waals surface area contributed by atoms with Gasteiger partial charge in [-0.2, -0.15) is 5.06 Å². The second kappa shape index (κ2) is 25.2. The second-order valence-corrected chi connectivity index (χ2v) is 6.90. The van der Waals surface area contributed by atoms with Crippen LogP contribution in [0, 0.1) is 0 Å². The lowest BCUT2D eigenvalue weighted by Gasteiger charge is -2.14. The fraction of sp³-hybridized carbons (Fsp3) is 1.00. The van der Waals surface area contributed by atoms with Crippen LogP contribution in [0.4, 0.5) is 0 Å². The Morgan fingerprint density at radius 1 is 0.458 bits per heavy atom. The van der Waals surface area contributed by atoms with Gasteiger partial charge < -0.3 is 5.21 Å². The maximum atomic E-state index is 9.83. The number of rotatable bonds is 18. The summed E-state index contributed by atoms with van der Waals surface area (Å²) in [6.45, 7) is 10.3. The van der Waals surface area contributed by atoms with Crippen LogP contribution >= 0.6 is 0 Å². The predicted molar refractivity (Wildman–Crippen MR) is 110 cm³/mol. The lowest BCUT2D eigenvalue weighted by atomic mass is 10.1. The average Bonchev–Trinajstić information content (AvgIpc) is 2.61. The quantitative estimate of drug-likeness (QED) is 0.201. The summed E-state index contributed by atoms with van der Waals surface area (Å²) in [5.74, 6) is 0. The molecular weight excluding hydrogens is 294 g/mol. The predicted octanol–water partition coefficient (Wildman–Crippen LogP) is 7.99. The van der Waals surface area contributed by atoms with E-state index >= 15 is 0 Å². The molecule has 0 atom stereocenters. The van der Waals surface area contributed by atoms with Gasteiger partial charge in [0.15, 0.2) is 0 Å². The lowest BCUT2D eigenvalue weighted by Crippen LogP contribution is -2.21. The molecule has 148 valence electrons. The van der Waals surface area contributed by atoms with E-state index in [0.717, 1.165) is 25.9 Å². The van der Waals surface area contributed by atoms with Gasteiger partial charge in [-0.3, -0.25) is 0 Å². The molecule has 0 amide bonds. The van der Waals surface area contributed by atoms with Crippen LogP contribution in [0.3, 0.4) is 0 Å². The minimum absolute atomic E-state index is 0.867. The molecule has 0 saturated carbocycles. The van der Waals surface area contributed by atoms with Gasteiger partial charge in [0.05, 0.1) is 0 Å². The highest BCUT2D eigenvalue weighted by Crippen LogP contribution is 2.10. The number of hydrogen-bond acceptors (Lipinski definition) is 2. The van der Waals surface area contributed by atoms with Crippen molar-refractivity contribution in [1.82, 2.24) is 5.06 Å². The molecule has 0 rings (SSSR count). The Hall–Kier alpha value is -0.0800. The van der Waals surface area contributed by atoms with E-state index in [9.17, 15) is 5.21 Å². The third-order valence-corrected chi connectivity index (χ3v) is 4.54. The standard InChI is InChI=1S/C20H43NO.C2H6/c1-3-5-7-9-11-13-15-17-19-21(22)20-18-16-14-12-10-8-6-4-2;1-2/h22H,3-20H2,1-2H3;1-2H3. The first kappa shape index (κ1) is 26.2. The summed E-state index contributed by atoms with van der Waals surface area (Å²) >= 11 is 0. The maximum absolute atomic E-state index is 9.83. The van der Waals surface area contributed by atoms with E-state index < -0.39 is 0 Å². The molecule has 0 bridgehead atoms. The van der Waals surface area contributed by atoms with Gasteiger partial charge in [-0.25, -0.2) is 0 Å². The largest absolute Gasteiger partial charge is 0.314 e. The zero-order chi connectivity index (χ0) is 18.3. The molecule has 0 radical (unpaired) electrons. The van der Waals surface area contributed by atoms with Gasteiger partial charge in [-0.05, 0) is 12.8 Å². The van der Waals surface area contributed by atoms with Crippen LogP contribution in [0.1, 0.15) is 130 Å². The average molecular weight is 344 g/mol. The minimum atomic E-state index is 0.867. The van der Waals surface area contributed by atoms with Crippen molar-refractivity contribution in [3.05, 3.63) is 0 Å². The molecule has 0 heterocycles. The summed E-state index contributed by atoms with van der Waals surface area (Å²) in [4.78, 5) is 0. The molecule has 0 aromatic heterocycles. The molecule has 0 aliphatic carbocycles. The molecule has 0 aliphatic rings. The molecule has 24 heavy (non-hydrogen) atoms. The third-order valence-electron chi connectivity index (χ3n) is 4.54. The van der Waals surface area contributed by atoms with E-state index in [-0.39, 0.29) is 0 Å². The molecule has 0 saturated heterocycles. The topological polar surface area (TPSA) is 23.5 Å². The van der Waals surface area contributed by atoms with Crippen LogP contribution in [0.5, 0.6) is 0 Å². The van der Waals surface area contributed by atoms with Crippen LogP contribution in [-0.4, -0.2) is 23.4 Å². The molecule has 0 fully saturated rings. The van der Waals surface area contributed by atoms with E-state index in [4.69, 9.17) is 0 Å². The van der Waals surface area contributed by atoms with Crippen molar-refractivity contribution in [1.29, 1.82) is 0 Å². The molecule has 2 heteroatoms. The SMILES string of the molecule is CC.CCCCCCCCCCN(O)CCCCCCCCCC. The Morgan fingerprint density at radius 2 is 0.708 bits per heavy atom. The zero-order valence-corrected chi connectivity index (χ0v) is 17.6. The summed E-state index contributed by atoms with van der Waals surface area (Å²) in [5.41, 5.74) is 0. The van der Waals surface area contributed by atoms with Crippen LogP contribution in [0.2, 0.25) is 0 Å². The van der Waals surface area contributed by atoms with Gasteiger partial charge in [-0.1, -0.05) is 118 Å². The normalized spacial score (nSPS) is 10.8. The van der Waals surface area contributed by atoms with Gasteiger partial charge in [0, 0.05) is 13.1 Å². The second-order valence-electron chi connectivity index (χ2n) is 6.90. The first-order valence-electron chi connectivity index (χ1n) is 11.2. The van der Waals surface area contributed by atoms with Crippen LogP contribution < -0.4 is 0 Å². The zero-order valence-electron chi connectivity index (χ0n) is 17.6. The number of hydroxylamine groups is 2. The van der Waals surface area contributed by atoms with Crippen molar-refractivity contribution < 1.29 is 5.21 Å². The molecular formula is C22H49NO. The van der Waals surface area contributed by atoms with E-state index in [0.29, 0.717) is 0 Å². The van der Waals surface area contributed by atoms with E-state index in [1.807, 2.05) is 13.8 Å². The van der Waals surface area contributed by atoms with Crippen LogP contribution in [0.25, 0.3) is 0 Å². The van der Waals surface area contributed by atoms with Crippen molar-refractivity contribution in [3.8, 4) is 0 Å². The van der Waals surface area contributed by atoms with E-state index in [1.54, 1.807) is 5.06 Å². The van der Waals surface area contributed by atoms with Crippen molar-refractivity contribution in [2.24, 2.45) is 0 Å². The highest BCUT2D eigenvalue weighted by molar-refractivity contribution is 4.51. The maximum Gasteiger partial charge on any atom is 0.0238 e. The van der Waals surface area contributed by atoms with Crippen molar-refractivity contribution >= 4 is 0 Å². The fourth-order valence-electron chi connectivity index (χ4n) is 2.97. The highest BCUT2D eigenvalue weighted by Gasteiger charge is 2.00. The van der Waals surface area contributed by atoms with Gasteiger partial charge in [0.1, 0.15) is 0 Å². The van der Waals surface area contributed by atoms with Gasteiger partial charge >= 0.3 is 0 Å². The minimum Gasteiger partial charge on any atom is -0.314 e. The number of unbranched alkanes of at least 4 members (excludes halogenated alkanes) is 14.